The number of fused-ring (bicyclic) bond motifs is 1. The molecular formula is C26H35N5O3. The summed E-state index contributed by atoms with van der Waals surface area (Å²) >= 11 is 0. The van der Waals surface area contributed by atoms with E-state index in [2.05, 4.69) is 53.2 Å². The van der Waals surface area contributed by atoms with E-state index in [0.29, 0.717) is 18.8 Å². The zero-order valence-corrected chi connectivity index (χ0v) is 20.4. The van der Waals surface area contributed by atoms with Gasteiger partial charge in [-0.25, -0.2) is 0 Å². The average Bonchev–Trinajstić information content (AvgIpc) is 3.25. The molecule has 0 bridgehead atoms. The first-order valence-electron chi connectivity index (χ1n) is 12.0. The maximum Gasteiger partial charge on any atom is 0.272 e. The van der Waals surface area contributed by atoms with Gasteiger partial charge in [0.15, 0.2) is 5.69 Å². The van der Waals surface area contributed by atoms with Crippen LogP contribution in [0, 0.1) is 6.92 Å². The summed E-state index contributed by atoms with van der Waals surface area (Å²) in [5, 5.41) is 8.61. The number of methoxy groups -OCH3 is 1. The molecule has 1 amide bonds. The highest BCUT2D eigenvalue weighted by atomic mass is 16.5. The van der Waals surface area contributed by atoms with Crippen LogP contribution in [0.2, 0.25) is 0 Å². The maximum atomic E-state index is 13.2. The largest absolute Gasteiger partial charge is 0.494 e. The smallest absolute Gasteiger partial charge is 0.272 e. The minimum Gasteiger partial charge on any atom is -0.494 e. The molecule has 0 radical (unpaired) electrons. The van der Waals surface area contributed by atoms with Crippen molar-refractivity contribution in [3.8, 4) is 5.75 Å². The number of rotatable bonds is 10. The molecule has 4 rings (SSSR count). The Bertz CT molecular complexity index is 1110. The molecule has 8 nitrogen and oxygen atoms in total. The lowest BCUT2D eigenvalue weighted by Crippen LogP contribution is -2.38. The molecule has 1 N–H and O–H groups in total. The number of aryl methyl sites for hydroxylation is 1. The lowest BCUT2D eigenvalue weighted by Gasteiger charge is -2.26. The summed E-state index contributed by atoms with van der Waals surface area (Å²) < 4.78 is 13.0. The minimum atomic E-state index is -0.163. The Balaban J connectivity index is 1.47. The Labute approximate surface area is 201 Å². The van der Waals surface area contributed by atoms with Crippen LogP contribution in [0.1, 0.15) is 23.0 Å². The van der Waals surface area contributed by atoms with Crippen LogP contribution >= 0.6 is 0 Å². The number of nitrogens with zero attached hydrogens (tertiary/aromatic N) is 4. The van der Waals surface area contributed by atoms with Gasteiger partial charge in [0, 0.05) is 50.3 Å². The van der Waals surface area contributed by atoms with Gasteiger partial charge in [0.2, 0.25) is 0 Å². The van der Waals surface area contributed by atoms with E-state index in [1.807, 2.05) is 22.9 Å². The quantitative estimate of drug-likeness (QED) is 0.496. The lowest BCUT2D eigenvalue weighted by atomic mass is 10.2. The number of ether oxygens (including phenoxy) is 2. The van der Waals surface area contributed by atoms with E-state index < -0.39 is 0 Å². The number of anilines is 1. The fraction of sp³-hybridized carbons (Fsp3) is 0.462. The first-order chi connectivity index (χ1) is 16.6. The van der Waals surface area contributed by atoms with Crippen molar-refractivity contribution in [3.05, 3.63) is 53.7 Å². The third-order valence-electron chi connectivity index (χ3n) is 6.32. The summed E-state index contributed by atoms with van der Waals surface area (Å²) in [6, 6.07) is 14.2. The Morgan fingerprint density at radius 1 is 1.18 bits per heavy atom. The molecular weight excluding hydrogens is 430 g/mol. The van der Waals surface area contributed by atoms with Gasteiger partial charge < -0.3 is 19.7 Å². The number of nitrogens with one attached hydrogen (secondary N) is 1. The van der Waals surface area contributed by atoms with Crippen LogP contribution in [-0.4, -0.2) is 80.2 Å². The van der Waals surface area contributed by atoms with E-state index in [9.17, 15) is 4.79 Å². The number of aromatic nitrogens is 2. The molecule has 34 heavy (non-hydrogen) atoms. The van der Waals surface area contributed by atoms with Crippen LogP contribution in [0.3, 0.4) is 0 Å². The van der Waals surface area contributed by atoms with Gasteiger partial charge in [-0.05, 0) is 37.6 Å². The molecule has 2 aromatic carbocycles. The van der Waals surface area contributed by atoms with Gasteiger partial charge in [-0.3, -0.25) is 14.4 Å². The second kappa shape index (κ2) is 11.4. The number of amides is 1. The molecule has 0 aliphatic carbocycles. The molecule has 1 aliphatic heterocycles. The van der Waals surface area contributed by atoms with Crippen LogP contribution in [0.4, 0.5) is 5.69 Å². The molecule has 0 saturated carbocycles. The van der Waals surface area contributed by atoms with E-state index in [4.69, 9.17) is 14.6 Å². The second-order valence-electron chi connectivity index (χ2n) is 8.56. The van der Waals surface area contributed by atoms with Crippen LogP contribution in [0.15, 0.2) is 42.5 Å². The fourth-order valence-corrected chi connectivity index (χ4v) is 4.44. The highest BCUT2D eigenvalue weighted by Crippen LogP contribution is 2.28. The number of benzene rings is 2. The van der Waals surface area contributed by atoms with Gasteiger partial charge in [0.1, 0.15) is 11.3 Å². The van der Waals surface area contributed by atoms with E-state index in [1.54, 1.807) is 7.11 Å². The first-order valence-corrected chi connectivity index (χ1v) is 12.0. The van der Waals surface area contributed by atoms with Gasteiger partial charge in [-0.1, -0.05) is 24.3 Å². The summed E-state index contributed by atoms with van der Waals surface area (Å²) in [6.07, 6.45) is 0. The summed E-state index contributed by atoms with van der Waals surface area (Å²) in [4.78, 5) is 17.8. The average molecular weight is 466 g/mol. The van der Waals surface area contributed by atoms with Crippen LogP contribution in [0.5, 0.6) is 5.75 Å². The van der Waals surface area contributed by atoms with Crippen LogP contribution < -0.4 is 15.0 Å². The van der Waals surface area contributed by atoms with Crippen molar-refractivity contribution in [1.82, 2.24) is 20.0 Å². The van der Waals surface area contributed by atoms with Crippen LogP contribution in [0.25, 0.3) is 10.9 Å². The number of hydrogen-bond acceptors (Lipinski definition) is 6. The summed E-state index contributed by atoms with van der Waals surface area (Å²) in [5.41, 5.74) is 3.69. The molecule has 1 aromatic heterocycles. The summed E-state index contributed by atoms with van der Waals surface area (Å²) in [5.74, 6) is 0.561. The van der Waals surface area contributed by atoms with Crippen molar-refractivity contribution in [3.63, 3.8) is 0 Å². The van der Waals surface area contributed by atoms with Crippen molar-refractivity contribution in [1.29, 1.82) is 0 Å². The van der Waals surface area contributed by atoms with Crippen molar-refractivity contribution in [2.24, 2.45) is 0 Å². The van der Waals surface area contributed by atoms with Gasteiger partial charge in [0.05, 0.1) is 26.9 Å². The predicted molar refractivity (Wildman–Crippen MR) is 135 cm³/mol. The molecule has 8 heteroatoms. The lowest BCUT2D eigenvalue weighted by molar-refractivity contribution is 0.0361. The molecule has 1 aliphatic rings. The molecule has 2 heterocycles. The zero-order chi connectivity index (χ0) is 23.9. The SMILES string of the molecule is CCN(CCNC(=O)c1nn(CCN2CCOCC2)c2c(OC)cccc12)c1cccc(C)c1. The van der Waals surface area contributed by atoms with Gasteiger partial charge in [0.25, 0.3) is 5.91 Å². The van der Waals surface area contributed by atoms with E-state index >= 15 is 0 Å². The number of para-hydroxylation sites is 1. The van der Waals surface area contributed by atoms with Crippen molar-refractivity contribution in [2.75, 3.05) is 64.5 Å². The number of hydrogen-bond donors (Lipinski definition) is 1. The number of morpholine rings is 1. The Hall–Kier alpha value is -3.10. The highest BCUT2D eigenvalue weighted by Gasteiger charge is 2.21. The second-order valence-corrected chi connectivity index (χ2v) is 8.56. The van der Waals surface area contributed by atoms with Gasteiger partial charge in [-0.15, -0.1) is 0 Å². The molecule has 1 fully saturated rings. The first kappa shape index (κ1) is 24.0. The highest BCUT2D eigenvalue weighted by molar-refractivity contribution is 6.06. The van der Waals surface area contributed by atoms with Crippen molar-refractivity contribution in [2.45, 2.75) is 20.4 Å². The van der Waals surface area contributed by atoms with Gasteiger partial charge >= 0.3 is 0 Å². The summed E-state index contributed by atoms with van der Waals surface area (Å²) in [6.45, 7) is 11.2. The topological polar surface area (TPSA) is 71.9 Å². The fourth-order valence-electron chi connectivity index (χ4n) is 4.44. The molecule has 0 spiro atoms. The Kier molecular flexibility index (Phi) is 8.03. The third kappa shape index (κ3) is 5.51. The normalized spacial score (nSPS) is 14.3. The molecule has 0 unspecified atom stereocenters. The molecule has 182 valence electrons. The minimum absolute atomic E-state index is 0.163. The zero-order valence-electron chi connectivity index (χ0n) is 20.4. The Morgan fingerprint density at radius 2 is 1.97 bits per heavy atom. The van der Waals surface area contributed by atoms with E-state index in [1.165, 1.54) is 11.3 Å². The van der Waals surface area contributed by atoms with E-state index in [-0.39, 0.29) is 5.91 Å². The number of carbonyl (C=O) groups excluding carboxylic acids is 1. The predicted octanol–water partition coefficient (Wildman–Crippen LogP) is 2.94. The monoisotopic (exact) mass is 465 g/mol. The van der Waals surface area contributed by atoms with E-state index in [0.717, 1.165) is 62.6 Å². The molecule has 3 aromatic rings. The third-order valence-corrected chi connectivity index (χ3v) is 6.32. The Morgan fingerprint density at radius 3 is 2.71 bits per heavy atom. The van der Waals surface area contributed by atoms with Crippen molar-refractivity contribution >= 4 is 22.5 Å². The van der Waals surface area contributed by atoms with Crippen LogP contribution in [-0.2, 0) is 11.3 Å². The van der Waals surface area contributed by atoms with Gasteiger partial charge in [-0.2, -0.15) is 5.10 Å². The number of likely N-dealkylation sites (N-methyl/N-ethyl adjacent to an activating group) is 1. The number of carbonyl (C=O) groups is 1. The summed E-state index contributed by atoms with van der Waals surface area (Å²) in [7, 11) is 1.65. The maximum absolute atomic E-state index is 13.2. The molecule has 0 atom stereocenters. The van der Waals surface area contributed by atoms with Crippen molar-refractivity contribution < 1.29 is 14.3 Å². The standard InChI is InChI=1S/C26H35N5O3/c1-4-30(21-8-5-7-20(2)19-21)12-11-27-26(32)24-22-9-6-10-23(33-3)25(22)31(28-24)14-13-29-15-17-34-18-16-29/h5-10,19H,4,11-18H2,1-3H3,(H,27,32). The molecule has 1 saturated heterocycles.